The first-order chi connectivity index (χ1) is 11.3. The van der Waals surface area contributed by atoms with Crippen LogP contribution in [0.1, 0.15) is 11.6 Å². The number of hydrogen-bond donors (Lipinski definition) is 2. The van der Waals surface area contributed by atoms with Gasteiger partial charge in [0.05, 0.1) is 11.1 Å². The molecule has 0 spiro atoms. The maximum atomic E-state index is 12.5. The Morgan fingerprint density at radius 3 is 2.52 bits per heavy atom. The van der Waals surface area contributed by atoms with Gasteiger partial charge in [-0.15, -0.1) is 12.4 Å². The second kappa shape index (κ2) is 8.43. The monoisotopic (exact) mass is 387 g/mol. The summed E-state index contributed by atoms with van der Waals surface area (Å²) in [6, 6.07) is 5.56. The lowest BCUT2D eigenvalue weighted by molar-refractivity contribution is -0.118. The van der Waals surface area contributed by atoms with Crippen molar-refractivity contribution in [2.45, 2.75) is 10.9 Å². The number of aromatic nitrogens is 2. The molecule has 1 aromatic heterocycles. The number of nitrogens with one attached hydrogen (secondary N) is 2. The SMILES string of the molecule is CNC(C(=O)Nc1cccc(S(=O)(=O)N(C)C)c1)c1cnn(C)c1.Cl. The number of halogens is 1. The molecule has 0 saturated carbocycles. The molecule has 0 radical (unpaired) electrons. The third-order valence-electron chi connectivity index (χ3n) is 3.49. The van der Waals surface area contributed by atoms with Crippen LogP contribution in [0.3, 0.4) is 0 Å². The number of carbonyl (C=O) groups excluding carboxylic acids is 1. The second-order valence-electron chi connectivity index (χ2n) is 5.47. The molecule has 2 N–H and O–H groups in total. The highest BCUT2D eigenvalue weighted by Crippen LogP contribution is 2.20. The molecule has 0 bridgehead atoms. The molecule has 2 rings (SSSR count). The van der Waals surface area contributed by atoms with E-state index in [-0.39, 0.29) is 23.2 Å². The summed E-state index contributed by atoms with van der Waals surface area (Å²) in [5, 5.41) is 9.71. The highest BCUT2D eigenvalue weighted by molar-refractivity contribution is 7.89. The van der Waals surface area contributed by atoms with Crippen LogP contribution < -0.4 is 10.6 Å². The number of carbonyl (C=O) groups is 1. The van der Waals surface area contributed by atoms with Crippen molar-refractivity contribution < 1.29 is 13.2 Å². The van der Waals surface area contributed by atoms with E-state index in [1.54, 1.807) is 43.3 Å². The molecular weight excluding hydrogens is 366 g/mol. The van der Waals surface area contributed by atoms with Gasteiger partial charge >= 0.3 is 0 Å². The van der Waals surface area contributed by atoms with E-state index in [0.29, 0.717) is 5.69 Å². The van der Waals surface area contributed by atoms with Crippen LogP contribution in [-0.4, -0.2) is 49.6 Å². The van der Waals surface area contributed by atoms with Crippen LogP contribution in [0.15, 0.2) is 41.6 Å². The lowest BCUT2D eigenvalue weighted by Crippen LogP contribution is -2.30. The molecule has 0 aliphatic carbocycles. The molecular formula is C15H22ClN5O3S. The average Bonchev–Trinajstić information content (AvgIpc) is 2.94. The zero-order valence-electron chi connectivity index (χ0n) is 14.4. The molecule has 25 heavy (non-hydrogen) atoms. The number of anilines is 1. The van der Waals surface area contributed by atoms with E-state index in [9.17, 15) is 13.2 Å². The lowest BCUT2D eigenvalue weighted by atomic mass is 10.1. The zero-order valence-corrected chi connectivity index (χ0v) is 16.1. The molecule has 1 atom stereocenters. The molecule has 1 heterocycles. The molecule has 0 aliphatic heterocycles. The van der Waals surface area contributed by atoms with Gasteiger partial charge in [-0.1, -0.05) is 6.07 Å². The summed E-state index contributed by atoms with van der Waals surface area (Å²) in [4.78, 5) is 12.6. The van der Waals surface area contributed by atoms with Crippen LogP contribution in [0.25, 0.3) is 0 Å². The van der Waals surface area contributed by atoms with Gasteiger partial charge in [-0.2, -0.15) is 5.10 Å². The highest BCUT2D eigenvalue weighted by atomic mass is 35.5. The van der Waals surface area contributed by atoms with E-state index >= 15 is 0 Å². The number of benzene rings is 1. The van der Waals surface area contributed by atoms with Gasteiger partial charge in [0, 0.05) is 38.6 Å². The summed E-state index contributed by atoms with van der Waals surface area (Å²) in [6.45, 7) is 0. The van der Waals surface area contributed by atoms with Gasteiger partial charge in [-0.05, 0) is 25.2 Å². The Bertz CT molecular complexity index is 835. The van der Waals surface area contributed by atoms with Crippen molar-refractivity contribution in [3.63, 3.8) is 0 Å². The first-order valence-electron chi connectivity index (χ1n) is 7.25. The maximum Gasteiger partial charge on any atom is 0.246 e. The standard InChI is InChI=1S/C15H21N5O3S.ClH/c1-16-14(11-9-17-20(4)10-11)15(21)18-12-6-5-7-13(8-12)24(22,23)19(2)3;/h5-10,14,16H,1-4H3,(H,18,21);1H. The van der Waals surface area contributed by atoms with Gasteiger partial charge in [0.25, 0.3) is 0 Å². The minimum atomic E-state index is -3.56. The molecule has 1 aromatic carbocycles. The fourth-order valence-corrected chi connectivity index (χ4v) is 3.15. The number of rotatable bonds is 6. The van der Waals surface area contributed by atoms with Crippen molar-refractivity contribution >= 4 is 34.0 Å². The van der Waals surface area contributed by atoms with E-state index in [4.69, 9.17) is 0 Å². The van der Waals surface area contributed by atoms with Crippen molar-refractivity contribution in [1.82, 2.24) is 19.4 Å². The van der Waals surface area contributed by atoms with Crippen molar-refractivity contribution in [3.05, 3.63) is 42.2 Å². The third-order valence-corrected chi connectivity index (χ3v) is 5.30. The maximum absolute atomic E-state index is 12.5. The van der Waals surface area contributed by atoms with Crippen molar-refractivity contribution in [1.29, 1.82) is 0 Å². The largest absolute Gasteiger partial charge is 0.324 e. The van der Waals surface area contributed by atoms with Gasteiger partial charge in [0.2, 0.25) is 15.9 Å². The Morgan fingerprint density at radius 2 is 2.00 bits per heavy atom. The minimum Gasteiger partial charge on any atom is -0.324 e. The Morgan fingerprint density at radius 1 is 1.32 bits per heavy atom. The van der Waals surface area contributed by atoms with Gasteiger partial charge in [0.1, 0.15) is 6.04 Å². The summed E-state index contributed by atoms with van der Waals surface area (Å²) in [6.07, 6.45) is 3.35. The quantitative estimate of drug-likeness (QED) is 0.770. The van der Waals surface area contributed by atoms with E-state index < -0.39 is 16.1 Å². The predicted octanol–water partition coefficient (Wildman–Crippen LogP) is 0.991. The Hall–Kier alpha value is -1.94. The molecule has 138 valence electrons. The van der Waals surface area contributed by atoms with Gasteiger partial charge in [0.15, 0.2) is 0 Å². The van der Waals surface area contributed by atoms with Gasteiger partial charge in [-0.25, -0.2) is 12.7 Å². The Labute approximate surface area is 153 Å². The van der Waals surface area contributed by atoms with E-state index in [0.717, 1.165) is 9.87 Å². The molecule has 0 fully saturated rings. The summed E-state index contributed by atoms with van der Waals surface area (Å²) < 4.78 is 27.1. The summed E-state index contributed by atoms with van der Waals surface area (Å²) >= 11 is 0. The normalized spacial score (nSPS) is 12.5. The topological polar surface area (TPSA) is 96.3 Å². The third kappa shape index (κ3) is 4.79. The Kier molecular flexibility index (Phi) is 7.12. The van der Waals surface area contributed by atoms with Crippen LogP contribution >= 0.6 is 12.4 Å². The molecule has 0 aliphatic rings. The van der Waals surface area contributed by atoms with E-state index in [2.05, 4.69) is 15.7 Å². The van der Waals surface area contributed by atoms with Crippen LogP contribution in [0, 0.1) is 0 Å². The second-order valence-corrected chi connectivity index (χ2v) is 7.63. The summed E-state index contributed by atoms with van der Waals surface area (Å²) in [5.74, 6) is -0.301. The fourth-order valence-electron chi connectivity index (χ4n) is 2.20. The number of aryl methyl sites for hydroxylation is 1. The van der Waals surface area contributed by atoms with E-state index in [1.807, 2.05) is 0 Å². The zero-order chi connectivity index (χ0) is 17.9. The lowest BCUT2D eigenvalue weighted by Gasteiger charge is -2.16. The number of hydrogen-bond acceptors (Lipinski definition) is 5. The number of sulfonamides is 1. The fraction of sp³-hybridized carbons (Fsp3) is 0.333. The molecule has 10 heteroatoms. The smallest absolute Gasteiger partial charge is 0.246 e. The average molecular weight is 388 g/mol. The molecule has 8 nitrogen and oxygen atoms in total. The first kappa shape index (κ1) is 21.1. The van der Waals surface area contributed by atoms with Crippen molar-refractivity contribution in [2.24, 2.45) is 7.05 Å². The van der Waals surface area contributed by atoms with Crippen molar-refractivity contribution in [3.8, 4) is 0 Å². The summed E-state index contributed by atoms with van der Waals surface area (Å²) in [5.41, 5.74) is 1.13. The van der Waals surface area contributed by atoms with Crippen LogP contribution in [0.2, 0.25) is 0 Å². The first-order valence-corrected chi connectivity index (χ1v) is 8.69. The number of likely N-dealkylation sites (N-methyl/N-ethyl adjacent to an activating group) is 1. The number of amides is 1. The van der Waals surface area contributed by atoms with Crippen LogP contribution in [-0.2, 0) is 21.9 Å². The molecule has 0 saturated heterocycles. The van der Waals surface area contributed by atoms with Gasteiger partial charge < -0.3 is 10.6 Å². The van der Waals surface area contributed by atoms with Crippen LogP contribution in [0.4, 0.5) is 5.69 Å². The molecule has 1 unspecified atom stereocenters. The summed E-state index contributed by atoms with van der Waals surface area (Å²) in [7, 11) is 2.80. The van der Waals surface area contributed by atoms with Gasteiger partial charge in [-0.3, -0.25) is 9.48 Å². The number of nitrogens with zero attached hydrogens (tertiary/aromatic N) is 3. The van der Waals surface area contributed by atoms with Crippen LogP contribution in [0.5, 0.6) is 0 Å². The van der Waals surface area contributed by atoms with E-state index in [1.165, 1.54) is 26.2 Å². The molecule has 2 aromatic rings. The van der Waals surface area contributed by atoms with Crippen molar-refractivity contribution in [2.75, 3.05) is 26.5 Å². The Balaban J connectivity index is 0.00000312. The molecule has 1 amide bonds. The minimum absolute atomic E-state index is 0. The predicted molar refractivity (Wildman–Crippen MR) is 98.2 cm³/mol. The highest BCUT2D eigenvalue weighted by Gasteiger charge is 2.22.